The van der Waals surface area contributed by atoms with Gasteiger partial charge >= 0.3 is 5.97 Å². The van der Waals surface area contributed by atoms with E-state index in [4.69, 9.17) is 9.52 Å². The van der Waals surface area contributed by atoms with Crippen molar-refractivity contribution in [3.63, 3.8) is 0 Å². The molecule has 0 radical (unpaired) electrons. The molecule has 0 saturated carbocycles. The van der Waals surface area contributed by atoms with Crippen molar-refractivity contribution in [2.24, 2.45) is 5.92 Å². The molecular formula is C17H23NO5S. The van der Waals surface area contributed by atoms with Crippen LogP contribution in [0.3, 0.4) is 0 Å². The van der Waals surface area contributed by atoms with Gasteiger partial charge in [0.2, 0.25) is 0 Å². The topological polar surface area (TPSA) is 96.6 Å². The second kappa shape index (κ2) is 7.36. The predicted molar refractivity (Wildman–Crippen MR) is 92.8 cm³/mol. The average molecular weight is 353 g/mol. The van der Waals surface area contributed by atoms with Gasteiger partial charge in [-0.2, -0.15) is 0 Å². The van der Waals surface area contributed by atoms with Crippen molar-refractivity contribution < 1.29 is 22.7 Å². The van der Waals surface area contributed by atoms with Crippen LogP contribution in [0.15, 0.2) is 28.7 Å². The summed E-state index contributed by atoms with van der Waals surface area (Å²) < 4.78 is 29.3. The first-order valence-electron chi connectivity index (χ1n) is 7.85. The zero-order valence-corrected chi connectivity index (χ0v) is 14.9. The van der Waals surface area contributed by atoms with Crippen LogP contribution in [-0.2, 0) is 14.6 Å². The highest BCUT2D eigenvalue weighted by atomic mass is 32.2. The smallest absolute Gasteiger partial charge is 0.318 e. The number of aryl methyl sites for hydroxylation is 1. The van der Waals surface area contributed by atoms with Crippen LogP contribution in [0.2, 0.25) is 0 Å². The van der Waals surface area contributed by atoms with Crippen LogP contribution in [0.25, 0.3) is 11.0 Å². The van der Waals surface area contributed by atoms with E-state index in [1.54, 1.807) is 0 Å². The fourth-order valence-corrected chi connectivity index (χ4v) is 3.70. The summed E-state index contributed by atoms with van der Waals surface area (Å²) in [5.41, 5.74) is 1.83. The molecule has 132 valence electrons. The Kier molecular flexibility index (Phi) is 5.66. The lowest BCUT2D eigenvalue weighted by molar-refractivity contribution is -0.134. The van der Waals surface area contributed by atoms with Gasteiger partial charge in [0.25, 0.3) is 0 Å². The minimum atomic E-state index is -3.61. The average Bonchev–Trinajstić information content (AvgIpc) is 2.79. The lowest BCUT2D eigenvalue weighted by atomic mass is 9.98. The first-order valence-corrected chi connectivity index (χ1v) is 9.67. The summed E-state index contributed by atoms with van der Waals surface area (Å²) in [6, 6.07) is 7.61. The summed E-state index contributed by atoms with van der Waals surface area (Å²) in [5, 5.41) is 12.9. The Morgan fingerprint density at radius 3 is 2.54 bits per heavy atom. The third-order valence-corrected chi connectivity index (χ3v) is 5.46. The Balaban J connectivity index is 2.15. The molecule has 1 aromatic carbocycles. The summed E-state index contributed by atoms with van der Waals surface area (Å²) in [5.74, 6) is -1.41. The normalized spacial score (nSPS) is 13.5. The van der Waals surface area contributed by atoms with Crippen molar-refractivity contribution in [3.8, 4) is 0 Å². The maximum absolute atomic E-state index is 11.7. The third-order valence-electron chi connectivity index (χ3n) is 3.95. The number of nitrogens with one attached hydrogen (secondary N) is 1. The number of hydrogen-bond donors (Lipinski definition) is 2. The Morgan fingerprint density at radius 1 is 1.29 bits per heavy atom. The van der Waals surface area contributed by atoms with Gasteiger partial charge < -0.3 is 14.8 Å². The lowest BCUT2D eigenvalue weighted by Crippen LogP contribution is -2.32. The van der Waals surface area contributed by atoms with Gasteiger partial charge in [0.1, 0.15) is 17.1 Å². The van der Waals surface area contributed by atoms with Gasteiger partial charge in [-0.3, -0.25) is 4.79 Å². The lowest BCUT2D eigenvalue weighted by Gasteiger charge is -2.21. The molecule has 1 aromatic heterocycles. The van der Waals surface area contributed by atoms with Crippen LogP contribution in [0.4, 0.5) is 0 Å². The molecule has 1 heterocycles. The third kappa shape index (κ3) is 4.36. The SMILES string of the molecule is Cc1c(C(NCCS(=O)(=O)CC(=O)O)C(C)C)oc2ccccc12. The highest BCUT2D eigenvalue weighted by Gasteiger charge is 2.24. The number of aliphatic carboxylic acids is 1. The van der Waals surface area contributed by atoms with Crippen molar-refractivity contribution in [1.82, 2.24) is 5.32 Å². The molecule has 2 N–H and O–H groups in total. The van der Waals surface area contributed by atoms with Gasteiger partial charge in [-0.05, 0) is 24.5 Å². The zero-order valence-electron chi connectivity index (χ0n) is 14.1. The van der Waals surface area contributed by atoms with Gasteiger partial charge in [-0.25, -0.2) is 8.42 Å². The fourth-order valence-electron chi connectivity index (χ4n) is 2.75. The van der Waals surface area contributed by atoms with Crippen LogP contribution in [0, 0.1) is 12.8 Å². The molecule has 0 fully saturated rings. The molecule has 0 bridgehead atoms. The number of rotatable bonds is 8. The van der Waals surface area contributed by atoms with E-state index in [0.29, 0.717) is 0 Å². The van der Waals surface area contributed by atoms with Crippen molar-refractivity contribution in [1.29, 1.82) is 0 Å². The molecule has 0 aliphatic heterocycles. The van der Waals surface area contributed by atoms with Crippen LogP contribution in [0.5, 0.6) is 0 Å². The van der Waals surface area contributed by atoms with Crippen molar-refractivity contribution >= 4 is 26.8 Å². The van der Waals surface area contributed by atoms with Crippen LogP contribution in [0.1, 0.15) is 31.2 Å². The maximum Gasteiger partial charge on any atom is 0.318 e. The molecule has 2 rings (SSSR count). The second-order valence-corrected chi connectivity index (χ2v) is 8.43. The summed E-state index contributed by atoms with van der Waals surface area (Å²) in [6.45, 7) is 6.21. The van der Waals surface area contributed by atoms with Crippen molar-refractivity contribution in [2.45, 2.75) is 26.8 Å². The van der Waals surface area contributed by atoms with Gasteiger partial charge in [-0.1, -0.05) is 32.0 Å². The standard InChI is InChI=1S/C17H23NO5S/c1-11(2)16(18-8-9-24(21,22)10-15(19)20)17-12(3)13-6-4-5-7-14(13)23-17/h4-7,11,16,18H,8-10H2,1-3H3,(H,19,20). The second-order valence-electron chi connectivity index (χ2n) is 6.25. The summed E-state index contributed by atoms with van der Waals surface area (Å²) in [6.07, 6.45) is 0. The highest BCUT2D eigenvalue weighted by molar-refractivity contribution is 7.92. The molecule has 7 heteroatoms. The number of hydrogen-bond acceptors (Lipinski definition) is 5. The highest BCUT2D eigenvalue weighted by Crippen LogP contribution is 2.32. The number of para-hydroxylation sites is 1. The van der Waals surface area contributed by atoms with E-state index in [9.17, 15) is 13.2 Å². The quantitative estimate of drug-likeness (QED) is 0.757. The van der Waals surface area contributed by atoms with E-state index in [1.807, 2.05) is 45.0 Å². The van der Waals surface area contributed by atoms with Crippen molar-refractivity contribution in [3.05, 3.63) is 35.6 Å². The molecule has 1 unspecified atom stereocenters. The number of carboxylic acid groups (broad SMARTS) is 1. The number of carboxylic acids is 1. The molecule has 0 amide bonds. The van der Waals surface area contributed by atoms with E-state index >= 15 is 0 Å². The molecule has 1 atom stereocenters. The summed E-state index contributed by atoms with van der Waals surface area (Å²) >= 11 is 0. The van der Waals surface area contributed by atoms with Gasteiger partial charge in [-0.15, -0.1) is 0 Å². The number of carbonyl (C=O) groups is 1. The Bertz CT molecular complexity index is 823. The largest absolute Gasteiger partial charge is 0.480 e. The molecule has 0 aliphatic rings. The van der Waals surface area contributed by atoms with Crippen LogP contribution < -0.4 is 5.32 Å². The molecule has 6 nitrogen and oxygen atoms in total. The van der Waals surface area contributed by atoms with E-state index in [0.717, 1.165) is 22.3 Å². The molecular weight excluding hydrogens is 330 g/mol. The summed E-state index contributed by atoms with van der Waals surface area (Å²) in [7, 11) is -3.61. The minimum absolute atomic E-state index is 0.141. The Labute approximate surface area is 141 Å². The molecule has 0 saturated heterocycles. The van der Waals surface area contributed by atoms with E-state index in [2.05, 4.69) is 5.32 Å². The van der Waals surface area contributed by atoms with E-state index < -0.39 is 21.6 Å². The maximum atomic E-state index is 11.7. The van der Waals surface area contributed by atoms with Crippen LogP contribution in [-0.4, -0.2) is 37.5 Å². The summed E-state index contributed by atoms with van der Waals surface area (Å²) in [4.78, 5) is 10.6. The number of benzene rings is 1. The van der Waals surface area contributed by atoms with E-state index in [1.165, 1.54) is 0 Å². The molecule has 0 spiro atoms. The monoisotopic (exact) mass is 353 g/mol. The van der Waals surface area contributed by atoms with Crippen LogP contribution >= 0.6 is 0 Å². The Hall–Kier alpha value is -1.86. The number of furan rings is 1. The Morgan fingerprint density at radius 2 is 1.96 bits per heavy atom. The number of sulfone groups is 1. The van der Waals surface area contributed by atoms with Gasteiger partial charge in [0, 0.05) is 11.9 Å². The molecule has 0 aliphatic carbocycles. The zero-order chi connectivity index (χ0) is 17.9. The predicted octanol–water partition coefficient (Wildman–Crippen LogP) is 2.53. The van der Waals surface area contributed by atoms with Gasteiger partial charge in [0.05, 0.1) is 11.8 Å². The molecule has 24 heavy (non-hydrogen) atoms. The fraction of sp³-hybridized carbons (Fsp3) is 0.471. The molecule has 2 aromatic rings. The van der Waals surface area contributed by atoms with Gasteiger partial charge in [0.15, 0.2) is 9.84 Å². The minimum Gasteiger partial charge on any atom is -0.480 e. The first kappa shape index (κ1) is 18.5. The number of fused-ring (bicyclic) bond motifs is 1. The van der Waals surface area contributed by atoms with E-state index in [-0.39, 0.29) is 24.3 Å². The van der Waals surface area contributed by atoms with Crippen molar-refractivity contribution in [2.75, 3.05) is 18.1 Å². The first-order chi connectivity index (χ1) is 11.2.